The highest BCUT2D eigenvalue weighted by Crippen LogP contribution is 2.32. The van der Waals surface area contributed by atoms with E-state index in [-0.39, 0.29) is 6.04 Å². The molecule has 84 valence electrons. The Labute approximate surface area is 91.8 Å². The molecule has 2 rings (SSSR count). The van der Waals surface area contributed by atoms with Crippen LogP contribution in [0.3, 0.4) is 0 Å². The summed E-state index contributed by atoms with van der Waals surface area (Å²) in [4.78, 5) is 0. The van der Waals surface area contributed by atoms with Crippen LogP contribution in [0.15, 0.2) is 16.5 Å². The summed E-state index contributed by atoms with van der Waals surface area (Å²) < 4.78 is 5.61. The molecular weight excluding hydrogens is 186 g/mol. The van der Waals surface area contributed by atoms with Crippen LogP contribution in [0.25, 0.3) is 0 Å². The molecule has 1 aromatic rings. The lowest BCUT2D eigenvalue weighted by Crippen LogP contribution is -2.20. The number of hydrogen-bond donors (Lipinski definition) is 1. The van der Waals surface area contributed by atoms with Crippen LogP contribution in [0.5, 0.6) is 0 Å². The van der Waals surface area contributed by atoms with Gasteiger partial charge in [-0.25, -0.2) is 0 Å². The van der Waals surface area contributed by atoms with E-state index in [4.69, 9.17) is 10.2 Å². The van der Waals surface area contributed by atoms with Gasteiger partial charge in [-0.1, -0.05) is 25.7 Å². The molecule has 1 aliphatic rings. The zero-order valence-corrected chi connectivity index (χ0v) is 9.54. The first kappa shape index (κ1) is 10.7. The number of nitrogens with two attached hydrogens (primary N) is 1. The van der Waals surface area contributed by atoms with Crippen LogP contribution < -0.4 is 5.73 Å². The van der Waals surface area contributed by atoms with E-state index < -0.39 is 0 Å². The Balaban J connectivity index is 2.02. The van der Waals surface area contributed by atoms with Gasteiger partial charge >= 0.3 is 0 Å². The summed E-state index contributed by atoms with van der Waals surface area (Å²) in [6.45, 7) is 1.98. The molecule has 1 fully saturated rings. The van der Waals surface area contributed by atoms with Crippen LogP contribution in [-0.4, -0.2) is 0 Å². The van der Waals surface area contributed by atoms with Crippen molar-refractivity contribution in [1.82, 2.24) is 0 Å². The zero-order valence-electron chi connectivity index (χ0n) is 9.54. The molecule has 0 unspecified atom stereocenters. The van der Waals surface area contributed by atoms with Crippen LogP contribution in [0.2, 0.25) is 0 Å². The normalized spacial score (nSPS) is 21.2. The van der Waals surface area contributed by atoms with Gasteiger partial charge in [-0.2, -0.15) is 0 Å². The van der Waals surface area contributed by atoms with E-state index >= 15 is 0 Å². The number of hydrogen-bond acceptors (Lipinski definition) is 2. The first-order valence-corrected chi connectivity index (χ1v) is 6.09. The lowest BCUT2D eigenvalue weighted by Gasteiger charge is -2.20. The molecule has 0 saturated heterocycles. The molecule has 1 heterocycles. The third-order valence-corrected chi connectivity index (χ3v) is 3.50. The first-order chi connectivity index (χ1) is 7.27. The summed E-state index contributed by atoms with van der Waals surface area (Å²) in [5.41, 5.74) is 6.26. The quantitative estimate of drug-likeness (QED) is 0.753. The highest BCUT2D eigenvalue weighted by atomic mass is 16.3. The molecule has 0 amide bonds. The summed E-state index contributed by atoms with van der Waals surface area (Å²) in [6.07, 6.45) is 7.94. The minimum Gasteiger partial charge on any atom is -0.465 e. The maximum atomic E-state index is 6.26. The van der Waals surface area contributed by atoms with Crippen molar-refractivity contribution in [2.75, 3.05) is 0 Å². The standard InChI is InChI=1S/C13H21NO/c1-10-8-9-12(15-10)13(14)11-6-4-2-3-5-7-11/h8-9,11,13H,2-7,14H2,1H3/t13-/m0/s1. The fourth-order valence-corrected chi connectivity index (χ4v) is 2.53. The molecule has 1 aromatic heterocycles. The summed E-state index contributed by atoms with van der Waals surface area (Å²) in [7, 11) is 0. The SMILES string of the molecule is Cc1ccc([C@@H](N)C2CCCCCC2)o1. The highest BCUT2D eigenvalue weighted by molar-refractivity contribution is 5.10. The molecule has 1 aliphatic carbocycles. The van der Waals surface area contributed by atoms with E-state index in [1.807, 2.05) is 19.1 Å². The van der Waals surface area contributed by atoms with Gasteiger partial charge in [-0.15, -0.1) is 0 Å². The van der Waals surface area contributed by atoms with Gasteiger partial charge in [0, 0.05) is 0 Å². The molecule has 0 spiro atoms. The van der Waals surface area contributed by atoms with Crippen LogP contribution >= 0.6 is 0 Å². The molecule has 2 nitrogen and oxygen atoms in total. The van der Waals surface area contributed by atoms with Gasteiger partial charge in [0.2, 0.25) is 0 Å². The molecule has 1 saturated carbocycles. The summed E-state index contributed by atoms with van der Waals surface area (Å²) >= 11 is 0. The highest BCUT2D eigenvalue weighted by Gasteiger charge is 2.22. The van der Waals surface area contributed by atoms with Crippen molar-refractivity contribution >= 4 is 0 Å². The van der Waals surface area contributed by atoms with Crippen LogP contribution in [0.1, 0.15) is 56.1 Å². The maximum Gasteiger partial charge on any atom is 0.121 e. The summed E-state index contributed by atoms with van der Waals surface area (Å²) in [5.74, 6) is 2.56. The fraction of sp³-hybridized carbons (Fsp3) is 0.692. The lowest BCUT2D eigenvalue weighted by molar-refractivity contribution is 0.328. The Kier molecular flexibility index (Phi) is 3.47. The van der Waals surface area contributed by atoms with E-state index in [0.29, 0.717) is 5.92 Å². The van der Waals surface area contributed by atoms with Crippen molar-refractivity contribution < 1.29 is 4.42 Å². The third kappa shape index (κ3) is 2.63. The Bertz CT molecular complexity index is 297. The average Bonchev–Trinajstić information content (AvgIpc) is 2.53. The second-order valence-corrected chi connectivity index (χ2v) is 4.73. The zero-order chi connectivity index (χ0) is 10.7. The predicted octanol–water partition coefficient (Wildman–Crippen LogP) is 3.56. The molecule has 15 heavy (non-hydrogen) atoms. The van der Waals surface area contributed by atoms with Gasteiger partial charge in [0.15, 0.2) is 0 Å². The summed E-state index contributed by atoms with van der Waals surface area (Å²) in [5, 5.41) is 0. The largest absolute Gasteiger partial charge is 0.465 e. The van der Waals surface area contributed by atoms with E-state index in [0.717, 1.165) is 11.5 Å². The van der Waals surface area contributed by atoms with Crippen LogP contribution in [-0.2, 0) is 0 Å². The monoisotopic (exact) mass is 207 g/mol. The molecule has 0 radical (unpaired) electrons. The van der Waals surface area contributed by atoms with Crippen molar-refractivity contribution in [2.45, 2.75) is 51.5 Å². The van der Waals surface area contributed by atoms with Gasteiger partial charge in [0.1, 0.15) is 11.5 Å². The van der Waals surface area contributed by atoms with E-state index in [2.05, 4.69) is 0 Å². The minimum absolute atomic E-state index is 0.108. The van der Waals surface area contributed by atoms with Gasteiger partial charge in [0.05, 0.1) is 6.04 Å². The van der Waals surface area contributed by atoms with Gasteiger partial charge in [0.25, 0.3) is 0 Å². The van der Waals surface area contributed by atoms with Gasteiger partial charge < -0.3 is 10.2 Å². The Morgan fingerprint density at radius 1 is 1.20 bits per heavy atom. The fourth-order valence-electron chi connectivity index (χ4n) is 2.53. The molecule has 1 atom stereocenters. The van der Waals surface area contributed by atoms with Crippen molar-refractivity contribution in [1.29, 1.82) is 0 Å². The number of aryl methyl sites for hydroxylation is 1. The molecule has 0 bridgehead atoms. The van der Waals surface area contributed by atoms with Crippen molar-refractivity contribution in [3.63, 3.8) is 0 Å². The van der Waals surface area contributed by atoms with E-state index in [1.165, 1.54) is 38.5 Å². The first-order valence-electron chi connectivity index (χ1n) is 6.09. The van der Waals surface area contributed by atoms with Gasteiger partial charge in [-0.05, 0) is 37.8 Å². The molecule has 2 N–H and O–H groups in total. The molecule has 0 aliphatic heterocycles. The van der Waals surface area contributed by atoms with E-state index in [1.54, 1.807) is 0 Å². The third-order valence-electron chi connectivity index (χ3n) is 3.50. The Hall–Kier alpha value is -0.760. The summed E-state index contributed by atoms with van der Waals surface area (Å²) in [6, 6.07) is 4.15. The predicted molar refractivity (Wildman–Crippen MR) is 61.6 cm³/mol. The Morgan fingerprint density at radius 2 is 1.87 bits per heavy atom. The average molecular weight is 207 g/mol. The maximum absolute atomic E-state index is 6.26. The number of rotatable bonds is 2. The lowest BCUT2D eigenvalue weighted by atomic mass is 9.91. The molecular formula is C13H21NO. The smallest absolute Gasteiger partial charge is 0.121 e. The number of furan rings is 1. The second-order valence-electron chi connectivity index (χ2n) is 4.73. The second kappa shape index (κ2) is 4.84. The molecule has 2 heteroatoms. The van der Waals surface area contributed by atoms with Crippen molar-refractivity contribution in [3.05, 3.63) is 23.7 Å². The Morgan fingerprint density at radius 3 is 2.40 bits per heavy atom. The van der Waals surface area contributed by atoms with Gasteiger partial charge in [-0.3, -0.25) is 0 Å². The van der Waals surface area contributed by atoms with Crippen LogP contribution in [0, 0.1) is 12.8 Å². The van der Waals surface area contributed by atoms with Crippen LogP contribution in [0.4, 0.5) is 0 Å². The minimum atomic E-state index is 0.108. The van der Waals surface area contributed by atoms with E-state index in [9.17, 15) is 0 Å². The topological polar surface area (TPSA) is 39.2 Å². The van der Waals surface area contributed by atoms with Crippen molar-refractivity contribution in [2.24, 2.45) is 11.7 Å². The molecule has 0 aromatic carbocycles. The van der Waals surface area contributed by atoms with Crippen molar-refractivity contribution in [3.8, 4) is 0 Å².